The number of anilines is 1. The number of carbonyl (C=O) groups is 1. The SMILES string of the molecule is CC(C)(C)OC(=O)N1CCN(c2nccc3ccc(Br)cc23)CC1. The first kappa shape index (κ1) is 17.0. The van der Waals surface area contributed by atoms with Crippen molar-refractivity contribution < 1.29 is 9.53 Å². The molecule has 0 spiro atoms. The molecular weight excluding hydrogens is 370 g/mol. The van der Waals surface area contributed by atoms with E-state index in [4.69, 9.17) is 4.74 Å². The number of hydrogen-bond donors (Lipinski definition) is 0. The van der Waals surface area contributed by atoms with Crippen LogP contribution in [0.25, 0.3) is 10.8 Å². The molecule has 1 aliphatic rings. The molecule has 1 saturated heterocycles. The zero-order chi connectivity index (χ0) is 17.3. The number of hydrogen-bond acceptors (Lipinski definition) is 4. The van der Waals surface area contributed by atoms with Gasteiger partial charge in [-0.2, -0.15) is 0 Å². The molecule has 0 saturated carbocycles. The van der Waals surface area contributed by atoms with Crippen LogP contribution in [0.1, 0.15) is 20.8 Å². The second-order valence-corrected chi connectivity index (χ2v) is 7.87. The van der Waals surface area contributed by atoms with Gasteiger partial charge < -0.3 is 14.5 Å². The minimum atomic E-state index is -0.461. The van der Waals surface area contributed by atoms with Crippen molar-refractivity contribution in [2.24, 2.45) is 0 Å². The predicted octanol–water partition coefficient (Wildman–Crippen LogP) is 4.05. The van der Waals surface area contributed by atoms with Crippen molar-refractivity contribution in [2.75, 3.05) is 31.1 Å². The highest BCUT2D eigenvalue weighted by molar-refractivity contribution is 9.10. The van der Waals surface area contributed by atoms with Crippen molar-refractivity contribution in [1.82, 2.24) is 9.88 Å². The Morgan fingerprint density at radius 3 is 2.54 bits per heavy atom. The first-order chi connectivity index (χ1) is 11.3. The fourth-order valence-electron chi connectivity index (χ4n) is 2.80. The summed E-state index contributed by atoms with van der Waals surface area (Å²) in [6, 6.07) is 8.23. The minimum absolute atomic E-state index is 0.240. The Balaban J connectivity index is 1.73. The molecule has 6 heteroatoms. The van der Waals surface area contributed by atoms with E-state index in [1.807, 2.05) is 39.1 Å². The maximum atomic E-state index is 12.2. The van der Waals surface area contributed by atoms with Crippen molar-refractivity contribution in [3.63, 3.8) is 0 Å². The van der Waals surface area contributed by atoms with Crippen LogP contribution in [-0.4, -0.2) is 47.8 Å². The van der Waals surface area contributed by atoms with Gasteiger partial charge in [0.2, 0.25) is 0 Å². The van der Waals surface area contributed by atoms with Crippen LogP contribution in [0.2, 0.25) is 0 Å². The van der Waals surface area contributed by atoms with Crippen molar-refractivity contribution in [1.29, 1.82) is 0 Å². The number of nitrogens with zero attached hydrogens (tertiary/aromatic N) is 3. The lowest BCUT2D eigenvalue weighted by molar-refractivity contribution is 0.0240. The molecule has 0 radical (unpaired) electrons. The van der Waals surface area contributed by atoms with Crippen LogP contribution in [0, 0.1) is 0 Å². The van der Waals surface area contributed by atoms with Crippen molar-refractivity contribution in [3.05, 3.63) is 34.9 Å². The maximum Gasteiger partial charge on any atom is 0.410 e. The Morgan fingerprint density at radius 2 is 1.88 bits per heavy atom. The Hall–Kier alpha value is -1.82. The number of piperazine rings is 1. The molecule has 1 aromatic heterocycles. The molecule has 2 heterocycles. The summed E-state index contributed by atoms with van der Waals surface area (Å²) in [6.45, 7) is 8.44. The van der Waals surface area contributed by atoms with E-state index in [1.165, 1.54) is 0 Å². The second kappa shape index (κ2) is 6.59. The Bertz CT molecular complexity index is 750. The highest BCUT2D eigenvalue weighted by atomic mass is 79.9. The lowest BCUT2D eigenvalue weighted by Gasteiger charge is -2.36. The normalized spacial score (nSPS) is 15.7. The summed E-state index contributed by atoms with van der Waals surface area (Å²) in [5.41, 5.74) is -0.461. The van der Waals surface area contributed by atoms with Crippen LogP contribution in [0.15, 0.2) is 34.9 Å². The van der Waals surface area contributed by atoms with E-state index >= 15 is 0 Å². The maximum absolute atomic E-state index is 12.2. The Kier molecular flexibility index (Phi) is 4.67. The molecular formula is C18H22BrN3O2. The summed E-state index contributed by atoms with van der Waals surface area (Å²) in [5, 5.41) is 2.29. The number of fused-ring (bicyclic) bond motifs is 1. The highest BCUT2D eigenvalue weighted by Gasteiger charge is 2.26. The minimum Gasteiger partial charge on any atom is -0.444 e. The van der Waals surface area contributed by atoms with Crippen LogP contribution in [0.4, 0.5) is 10.6 Å². The first-order valence-electron chi connectivity index (χ1n) is 8.11. The quantitative estimate of drug-likeness (QED) is 0.735. The summed E-state index contributed by atoms with van der Waals surface area (Å²) < 4.78 is 6.49. The average Bonchev–Trinajstić information content (AvgIpc) is 2.53. The van der Waals surface area contributed by atoms with E-state index in [9.17, 15) is 4.79 Å². The fraction of sp³-hybridized carbons (Fsp3) is 0.444. The number of carbonyl (C=O) groups excluding carboxylic acids is 1. The molecule has 0 unspecified atom stereocenters. The molecule has 0 aliphatic carbocycles. The van der Waals surface area contributed by atoms with Gasteiger partial charge in [-0.1, -0.05) is 22.0 Å². The van der Waals surface area contributed by atoms with Gasteiger partial charge in [-0.15, -0.1) is 0 Å². The largest absolute Gasteiger partial charge is 0.444 e. The summed E-state index contributed by atoms with van der Waals surface area (Å²) in [4.78, 5) is 20.7. The van der Waals surface area contributed by atoms with Gasteiger partial charge in [0.05, 0.1) is 0 Å². The van der Waals surface area contributed by atoms with Gasteiger partial charge in [0.1, 0.15) is 11.4 Å². The zero-order valence-corrected chi connectivity index (χ0v) is 15.8. The summed E-state index contributed by atoms with van der Waals surface area (Å²) >= 11 is 3.53. The van der Waals surface area contributed by atoms with Gasteiger partial charge in [0.15, 0.2) is 0 Å². The summed E-state index contributed by atoms with van der Waals surface area (Å²) in [5.74, 6) is 0.970. The molecule has 0 bridgehead atoms. The number of aromatic nitrogens is 1. The van der Waals surface area contributed by atoms with E-state index in [0.717, 1.165) is 34.2 Å². The molecule has 24 heavy (non-hydrogen) atoms. The molecule has 5 nitrogen and oxygen atoms in total. The average molecular weight is 392 g/mol. The molecule has 3 rings (SSSR count). The third-order valence-electron chi connectivity index (χ3n) is 3.94. The smallest absolute Gasteiger partial charge is 0.410 e. The number of amides is 1. The summed E-state index contributed by atoms with van der Waals surface area (Å²) in [6.07, 6.45) is 1.60. The van der Waals surface area contributed by atoms with Crippen LogP contribution >= 0.6 is 15.9 Å². The van der Waals surface area contributed by atoms with Gasteiger partial charge in [-0.05, 0) is 44.4 Å². The molecule has 128 valence electrons. The van der Waals surface area contributed by atoms with Crippen molar-refractivity contribution in [2.45, 2.75) is 26.4 Å². The second-order valence-electron chi connectivity index (χ2n) is 6.95. The van der Waals surface area contributed by atoms with E-state index < -0.39 is 5.60 Å². The number of benzene rings is 1. The third-order valence-corrected chi connectivity index (χ3v) is 4.43. The van der Waals surface area contributed by atoms with Crippen molar-refractivity contribution >= 4 is 38.6 Å². The highest BCUT2D eigenvalue weighted by Crippen LogP contribution is 2.28. The van der Waals surface area contributed by atoms with E-state index in [1.54, 1.807) is 4.90 Å². The lowest BCUT2D eigenvalue weighted by atomic mass is 10.1. The van der Waals surface area contributed by atoms with Gasteiger partial charge in [0.25, 0.3) is 0 Å². The van der Waals surface area contributed by atoms with E-state index in [2.05, 4.69) is 37.9 Å². The van der Waals surface area contributed by atoms with Gasteiger partial charge in [0, 0.05) is 42.2 Å². The number of ether oxygens (including phenoxy) is 1. The molecule has 1 amide bonds. The monoisotopic (exact) mass is 391 g/mol. The zero-order valence-electron chi connectivity index (χ0n) is 14.3. The number of pyridine rings is 1. The molecule has 0 atom stereocenters. The number of halogens is 1. The van der Waals surface area contributed by atoms with Crippen LogP contribution in [0.3, 0.4) is 0 Å². The Morgan fingerprint density at radius 1 is 1.17 bits per heavy atom. The molecule has 2 aromatic rings. The first-order valence-corrected chi connectivity index (χ1v) is 8.90. The van der Waals surface area contributed by atoms with Gasteiger partial charge >= 0.3 is 6.09 Å². The van der Waals surface area contributed by atoms with Crippen LogP contribution in [0.5, 0.6) is 0 Å². The summed E-state index contributed by atoms with van der Waals surface area (Å²) in [7, 11) is 0. The van der Waals surface area contributed by atoms with Gasteiger partial charge in [-0.3, -0.25) is 0 Å². The number of rotatable bonds is 1. The third kappa shape index (κ3) is 3.80. The molecule has 1 aliphatic heterocycles. The van der Waals surface area contributed by atoms with E-state index in [-0.39, 0.29) is 6.09 Å². The lowest BCUT2D eigenvalue weighted by Crippen LogP contribution is -2.50. The molecule has 0 N–H and O–H groups in total. The predicted molar refractivity (Wildman–Crippen MR) is 99.5 cm³/mol. The topological polar surface area (TPSA) is 45.7 Å². The standard InChI is InChI=1S/C18H22BrN3O2/c1-18(2,3)24-17(23)22-10-8-21(9-11-22)16-15-12-14(19)5-4-13(15)6-7-20-16/h4-7,12H,8-11H2,1-3H3. The van der Waals surface area contributed by atoms with Crippen LogP contribution < -0.4 is 4.90 Å². The molecule has 1 aromatic carbocycles. The Labute approximate surface area is 150 Å². The fourth-order valence-corrected chi connectivity index (χ4v) is 3.17. The van der Waals surface area contributed by atoms with Crippen LogP contribution in [-0.2, 0) is 4.74 Å². The van der Waals surface area contributed by atoms with Crippen molar-refractivity contribution in [3.8, 4) is 0 Å². The van der Waals surface area contributed by atoms with E-state index in [0.29, 0.717) is 13.1 Å². The molecule has 1 fully saturated rings. The van der Waals surface area contributed by atoms with Gasteiger partial charge in [-0.25, -0.2) is 9.78 Å².